The summed E-state index contributed by atoms with van der Waals surface area (Å²) in [5.74, 6) is 0. The molecular weight excluding hydrogens is 286 g/mol. The van der Waals surface area contributed by atoms with Gasteiger partial charge >= 0.3 is 0 Å². The molecule has 0 unspecified atom stereocenters. The number of hydrogen-bond donors (Lipinski definition) is 1. The Kier molecular flexibility index (Phi) is 3.17. The highest BCUT2D eigenvalue weighted by atomic mass is 32.2. The molecule has 2 aromatic rings. The first-order valence-electron chi connectivity index (χ1n) is 6.49. The van der Waals surface area contributed by atoms with Gasteiger partial charge in [-0.25, -0.2) is 13.4 Å². The number of para-hydroxylation sites is 1. The van der Waals surface area contributed by atoms with Crippen molar-refractivity contribution in [2.45, 2.75) is 18.4 Å². The lowest BCUT2D eigenvalue weighted by molar-refractivity contribution is 0.521. The van der Waals surface area contributed by atoms with Gasteiger partial charge in [0.15, 0.2) is 0 Å². The van der Waals surface area contributed by atoms with Crippen LogP contribution in [0.4, 0.5) is 11.4 Å². The molecule has 0 saturated heterocycles. The van der Waals surface area contributed by atoms with Gasteiger partial charge in [0, 0.05) is 5.69 Å². The maximum Gasteiger partial charge on any atom is 0.267 e. The van der Waals surface area contributed by atoms with E-state index in [1.165, 1.54) is 10.6 Å². The van der Waals surface area contributed by atoms with Crippen LogP contribution in [0.5, 0.6) is 0 Å². The smallest absolute Gasteiger partial charge is 0.267 e. The fourth-order valence-electron chi connectivity index (χ4n) is 2.27. The minimum absolute atomic E-state index is 0.219. The van der Waals surface area contributed by atoms with Gasteiger partial charge in [-0.1, -0.05) is 24.3 Å². The number of aliphatic imine (C=N–C) groups is 1. The summed E-state index contributed by atoms with van der Waals surface area (Å²) in [4.78, 5) is 4.44. The second-order valence-corrected chi connectivity index (χ2v) is 6.75. The summed E-state index contributed by atoms with van der Waals surface area (Å²) in [6.45, 7) is 2.10. The van der Waals surface area contributed by atoms with Gasteiger partial charge in [0.2, 0.25) is 0 Å². The third-order valence-corrected chi connectivity index (χ3v) is 5.33. The second kappa shape index (κ2) is 4.89. The Hall–Kier alpha value is -2.34. The van der Waals surface area contributed by atoms with Crippen molar-refractivity contribution in [3.05, 3.63) is 53.6 Å². The highest BCUT2D eigenvalue weighted by Gasteiger charge is 2.28. The number of nitrogen functional groups attached to an aromatic ring is 1. The molecule has 2 N–H and O–H groups in total. The number of fused-ring (bicyclic) bond motifs is 1. The molecule has 0 spiro atoms. The third-order valence-electron chi connectivity index (χ3n) is 3.59. The summed E-state index contributed by atoms with van der Waals surface area (Å²) in [5.41, 5.74) is 8.74. The summed E-state index contributed by atoms with van der Waals surface area (Å²) in [6.07, 6.45) is 1.36. The molecular formula is C15H15N3O2S. The van der Waals surface area contributed by atoms with E-state index in [1.54, 1.807) is 30.3 Å². The van der Waals surface area contributed by atoms with Crippen LogP contribution < -0.4 is 5.73 Å². The van der Waals surface area contributed by atoms with Crippen LogP contribution in [-0.4, -0.2) is 19.1 Å². The second-order valence-electron chi connectivity index (χ2n) is 4.89. The van der Waals surface area contributed by atoms with E-state index in [2.05, 4.69) is 4.99 Å². The van der Waals surface area contributed by atoms with E-state index < -0.39 is 10.0 Å². The van der Waals surface area contributed by atoms with E-state index in [0.717, 1.165) is 11.1 Å². The minimum Gasteiger partial charge on any atom is -0.399 e. The van der Waals surface area contributed by atoms with Crippen LogP contribution in [0.25, 0.3) is 0 Å². The van der Waals surface area contributed by atoms with Gasteiger partial charge in [0.05, 0.1) is 12.2 Å². The van der Waals surface area contributed by atoms with Crippen molar-refractivity contribution in [2.24, 2.45) is 4.99 Å². The Morgan fingerprint density at radius 2 is 1.90 bits per heavy atom. The van der Waals surface area contributed by atoms with Crippen LogP contribution in [0.2, 0.25) is 0 Å². The molecule has 0 amide bonds. The van der Waals surface area contributed by atoms with Gasteiger partial charge < -0.3 is 5.73 Å². The van der Waals surface area contributed by atoms with Gasteiger partial charge in [-0.15, -0.1) is 0 Å². The van der Waals surface area contributed by atoms with Crippen LogP contribution in [0, 0.1) is 6.92 Å². The van der Waals surface area contributed by atoms with Gasteiger partial charge in [-0.2, -0.15) is 0 Å². The zero-order valence-corrected chi connectivity index (χ0v) is 12.3. The number of hydrogen-bond acceptors (Lipinski definition) is 4. The van der Waals surface area contributed by atoms with Crippen LogP contribution >= 0.6 is 0 Å². The molecule has 0 atom stereocenters. The van der Waals surface area contributed by atoms with Crippen molar-refractivity contribution in [2.75, 3.05) is 5.73 Å². The van der Waals surface area contributed by atoms with Crippen molar-refractivity contribution in [3.63, 3.8) is 0 Å². The summed E-state index contributed by atoms with van der Waals surface area (Å²) < 4.78 is 26.5. The van der Waals surface area contributed by atoms with E-state index >= 15 is 0 Å². The topological polar surface area (TPSA) is 75.8 Å². The molecule has 0 fully saturated rings. The number of sulfonamides is 1. The molecule has 1 heterocycles. The molecule has 0 aliphatic carbocycles. The molecule has 21 heavy (non-hydrogen) atoms. The fraction of sp³-hybridized carbons (Fsp3) is 0.133. The molecule has 5 nitrogen and oxygen atoms in total. The molecule has 0 bridgehead atoms. The van der Waals surface area contributed by atoms with E-state index in [0.29, 0.717) is 11.4 Å². The molecule has 0 saturated carbocycles. The quantitative estimate of drug-likeness (QED) is 0.866. The monoisotopic (exact) mass is 301 g/mol. The molecule has 0 radical (unpaired) electrons. The van der Waals surface area contributed by atoms with Gasteiger partial charge in [-0.3, -0.25) is 4.31 Å². The van der Waals surface area contributed by atoms with Gasteiger partial charge in [0.25, 0.3) is 10.0 Å². The number of nitrogens with two attached hydrogens (primary N) is 1. The number of rotatable bonds is 2. The largest absolute Gasteiger partial charge is 0.399 e. The first-order chi connectivity index (χ1) is 10.00. The Morgan fingerprint density at radius 1 is 1.14 bits per heavy atom. The Balaban J connectivity index is 2.01. The van der Waals surface area contributed by atoms with Crippen LogP contribution in [-0.2, 0) is 16.6 Å². The predicted molar refractivity (Wildman–Crippen MR) is 82.9 cm³/mol. The first kappa shape index (κ1) is 13.6. The van der Waals surface area contributed by atoms with Crippen LogP contribution in [0.15, 0.2) is 52.4 Å². The maximum atomic E-state index is 12.6. The van der Waals surface area contributed by atoms with E-state index in [1.807, 2.05) is 19.1 Å². The third kappa shape index (κ3) is 2.27. The van der Waals surface area contributed by atoms with Crippen molar-refractivity contribution >= 4 is 27.7 Å². The lowest BCUT2D eigenvalue weighted by atomic mass is 10.1. The highest BCUT2D eigenvalue weighted by molar-refractivity contribution is 7.89. The molecule has 1 aliphatic heterocycles. The molecule has 3 rings (SSSR count). The summed E-state index contributed by atoms with van der Waals surface area (Å²) in [7, 11) is -3.57. The van der Waals surface area contributed by atoms with Crippen molar-refractivity contribution < 1.29 is 8.42 Å². The Bertz CT molecular complexity index is 829. The zero-order valence-electron chi connectivity index (χ0n) is 11.5. The van der Waals surface area contributed by atoms with E-state index in [4.69, 9.17) is 5.73 Å². The summed E-state index contributed by atoms with van der Waals surface area (Å²) in [5, 5.41) is 0. The first-order valence-corrected chi connectivity index (χ1v) is 7.93. The van der Waals surface area contributed by atoms with Crippen molar-refractivity contribution in [1.82, 2.24) is 4.31 Å². The number of nitrogens with zero attached hydrogens (tertiary/aromatic N) is 2. The predicted octanol–water partition coefficient (Wildman–Crippen LogP) is 2.44. The Labute approximate surface area is 123 Å². The standard InChI is InChI=1S/C15H15N3O2S/c1-11-12(5-4-6-13(11)16)9-18-10-17-14-7-2-3-8-15(14)21(18,19)20/h2-8,10H,9,16H2,1H3. The maximum absolute atomic E-state index is 12.6. The van der Waals surface area contributed by atoms with Crippen LogP contribution in [0.3, 0.4) is 0 Å². The van der Waals surface area contributed by atoms with E-state index in [-0.39, 0.29) is 11.4 Å². The molecule has 1 aliphatic rings. The van der Waals surface area contributed by atoms with Crippen LogP contribution in [0.1, 0.15) is 11.1 Å². The van der Waals surface area contributed by atoms with E-state index in [9.17, 15) is 8.42 Å². The lowest BCUT2D eigenvalue weighted by Gasteiger charge is -2.24. The molecule has 108 valence electrons. The average Bonchev–Trinajstić information content (AvgIpc) is 2.47. The van der Waals surface area contributed by atoms with Crippen molar-refractivity contribution in [3.8, 4) is 0 Å². The highest BCUT2D eigenvalue weighted by Crippen LogP contribution is 2.31. The minimum atomic E-state index is -3.57. The lowest BCUT2D eigenvalue weighted by Crippen LogP contribution is -2.31. The molecule has 6 heteroatoms. The SMILES string of the molecule is Cc1c(N)cccc1CN1C=Nc2ccccc2S1(=O)=O. The molecule has 2 aromatic carbocycles. The summed E-state index contributed by atoms with van der Waals surface area (Å²) in [6, 6.07) is 12.2. The average molecular weight is 301 g/mol. The number of benzene rings is 2. The van der Waals surface area contributed by atoms with Gasteiger partial charge in [0.1, 0.15) is 11.2 Å². The van der Waals surface area contributed by atoms with Crippen molar-refractivity contribution in [1.29, 1.82) is 0 Å². The normalized spacial score (nSPS) is 15.8. The number of anilines is 1. The summed E-state index contributed by atoms with van der Waals surface area (Å²) >= 11 is 0. The fourth-order valence-corrected chi connectivity index (χ4v) is 3.63. The Morgan fingerprint density at radius 3 is 2.71 bits per heavy atom. The van der Waals surface area contributed by atoms with Gasteiger partial charge in [-0.05, 0) is 36.2 Å². The molecule has 0 aromatic heterocycles. The zero-order chi connectivity index (χ0) is 15.0.